The predicted molar refractivity (Wildman–Crippen MR) is 94.3 cm³/mol. The van der Waals surface area contributed by atoms with Gasteiger partial charge in [-0.3, -0.25) is 4.79 Å². The van der Waals surface area contributed by atoms with E-state index < -0.39 is 5.82 Å². The highest BCUT2D eigenvalue weighted by atomic mass is 35.5. The van der Waals surface area contributed by atoms with Crippen molar-refractivity contribution < 1.29 is 19.0 Å². The Hall–Kier alpha value is -1.47. The highest BCUT2D eigenvalue weighted by molar-refractivity contribution is 7.09. The normalized spacial score (nSPS) is 20.8. The van der Waals surface area contributed by atoms with Crippen LogP contribution in [0.4, 0.5) is 10.1 Å². The standard InChI is InChI=1S/C17H19ClFN3OS/c18-13-3-4-15(19)16(10-13)20-17(23)12-22-7-5-21(6-8-22)11-14-2-1-9-24-14/h1-4,9-10H,5-8,11-12H2,(H,20,23)/p+2. The third-order valence-electron chi connectivity index (χ3n) is 4.28. The first-order chi connectivity index (χ1) is 11.6. The van der Waals surface area contributed by atoms with Gasteiger partial charge < -0.3 is 15.1 Å². The van der Waals surface area contributed by atoms with Crippen LogP contribution in [-0.2, 0) is 11.3 Å². The van der Waals surface area contributed by atoms with Crippen LogP contribution in [0.5, 0.6) is 0 Å². The van der Waals surface area contributed by atoms with E-state index in [-0.39, 0.29) is 11.6 Å². The lowest BCUT2D eigenvalue weighted by Gasteiger charge is -2.29. The highest BCUT2D eigenvalue weighted by Crippen LogP contribution is 2.19. The molecule has 0 atom stereocenters. The van der Waals surface area contributed by atoms with Gasteiger partial charge in [-0.2, -0.15) is 0 Å². The van der Waals surface area contributed by atoms with Crippen molar-refractivity contribution in [2.45, 2.75) is 6.54 Å². The zero-order valence-electron chi connectivity index (χ0n) is 13.3. The van der Waals surface area contributed by atoms with Crippen LogP contribution in [0.2, 0.25) is 5.02 Å². The number of piperazine rings is 1. The summed E-state index contributed by atoms with van der Waals surface area (Å²) in [7, 11) is 0. The van der Waals surface area contributed by atoms with Gasteiger partial charge in [0.2, 0.25) is 0 Å². The molecule has 0 bridgehead atoms. The fraction of sp³-hybridized carbons (Fsp3) is 0.353. The molecule has 0 spiro atoms. The molecule has 2 heterocycles. The predicted octanol–water partition coefficient (Wildman–Crippen LogP) is 0.463. The number of carbonyl (C=O) groups is 1. The lowest BCUT2D eigenvalue weighted by atomic mass is 10.2. The van der Waals surface area contributed by atoms with Gasteiger partial charge >= 0.3 is 0 Å². The van der Waals surface area contributed by atoms with Crippen molar-refractivity contribution in [2.75, 3.05) is 38.0 Å². The Morgan fingerprint density at radius 2 is 1.96 bits per heavy atom. The number of hydrogen-bond acceptors (Lipinski definition) is 2. The summed E-state index contributed by atoms with van der Waals surface area (Å²) < 4.78 is 13.7. The highest BCUT2D eigenvalue weighted by Gasteiger charge is 2.25. The summed E-state index contributed by atoms with van der Waals surface area (Å²) in [6.07, 6.45) is 0. The number of benzene rings is 1. The van der Waals surface area contributed by atoms with Gasteiger partial charge in [0.1, 0.15) is 38.5 Å². The van der Waals surface area contributed by atoms with Crippen molar-refractivity contribution in [1.29, 1.82) is 0 Å². The summed E-state index contributed by atoms with van der Waals surface area (Å²) in [6.45, 7) is 5.42. The van der Waals surface area contributed by atoms with E-state index in [4.69, 9.17) is 11.6 Å². The molecule has 0 unspecified atom stereocenters. The first kappa shape index (κ1) is 17.4. The fourth-order valence-corrected chi connectivity index (χ4v) is 3.93. The lowest BCUT2D eigenvalue weighted by molar-refractivity contribution is -1.01. The second kappa shape index (κ2) is 8.07. The summed E-state index contributed by atoms with van der Waals surface area (Å²) in [5.74, 6) is -0.638. The van der Waals surface area contributed by atoms with Crippen molar-refractivity contribution in [3.63, 3.8) is 0 Å². The van der Waals surface area contributed by atoms with Crippen LogP contribution < -0.4 is 15.1 Å². The molecule has 1 aliphatic rings. The molecule has 1 saturated heterocycles. The largest absolute Gasteiger partial charge is 0.321 e. The van der Waals surface area contributed by atoms with E-state index >= 15 is 0 Å². The average molecular weight is 370 g/mol. The minimum Gasteiger partial charge on any atom is -0.321 e. The molecular formula is C17H21ClFN3OS+2. The molecule has 0 saturated carbocycles. The molecule has 1 aromatic heterocycles. The van der Waals surface area contributed by atoms with Crippen LogP contribution >= 0.6 is 22.9 Å². The maximum Gasteiger partial charge on any atom is 0.279 e. The summed E-state index contributed by atoms with van der Waals surface area (Å²) in [5.41, 5.74) is 0.147. The van der Waals surface area contributed by atoms with Crippen LogP contribution in [0.25, 0.3) is 0 Å². The van der Waals surface area contributed by atoms with Gasteiger partial charge in [0, 0.05) is 5.02 Å². The number of hydrogen-bond donors (Lipinski definition) is 3. The first-order valence-corrected chi connectivity index (χ1v) is 9.30. The lowest BCUT2D eigenvalue weighted by Crippen LogP contribution is -3.28. The van der Waals surface area contributed by atoms with Gasteiger partial charge in [0.15, 0.2) is 6.54 Å². The maximum atomic E-state index is 13.7. The van der Waals surface area contributed by atoms with Gasteiger partial charge in [-0.15, -0.1) is 11.3 Å². The summed E-state index contributed by atoms with van der Waals surface area (Å²) in [5, 5.41) is 5.14. The Bertz CT molecular complexity index is 687. The van der Waals surface area contributed by atoms with Gasteiger partial charge in [0.25, 0.3) is 5.91 Å². The molecule has 1 aliphatic heterocycles. The van der Waals surface area contributed by atoms with Crippen LogP contribution in [0.1, 0.15) is 4.88 Å². The average Bonchev–Trinajstić information content (AvgIpc) is 3.06. The van der Waals surface area contributed by atoms with Gasteiger partial charge in [-0.25, -0.2) is 4.39 Å². The van der Waals surface area contributed by atoms with Crippen LogP contribution in [-0.4, -0.2) is 38.6 Å². The smallest absolute Gasteiger partial charge is 0.279 e. The second-order valence-electron chi connectivity index (χ2n) is 6.11. The number of rotatable bonds is 5. The van der Waals surface area contributed by atoms with E-state index in [0.717, 1.165) is 32.7 Å². The third kappa shape index (κ3) is 4.77. The molecule has 0 aliphatic carbocycles. The van der Waals surface area contributed by atoms with Crippen molar-refractivity contribution in [2.24, 2.45) is 0 Å². The summed E-state index contributed by atoms with van der Waals surface area (Å²) >= 11 is 7.64. The van der Waals surface area contributed by atoms with E-state index in [1.54, 1.807) is 16.2 Å². The summed E-state index contributed by atoms with van der Waals surface area (Å²) in [4.78, 5) is 16.3. The number of halogens is 2. The Morgan fingerprint density at radius 1 is 1.21 bits per heavy atom. The molecule has 3 rings (SSSR count). The molecule has 128 valence electrons. The van der Waals surface area contributed by atoms with Gasteiger partial charge in [-0.05, 0) is 29.6 Å². The number of nitrogens with one attached hydrogen (secondary N) is 3. The Labute approximate surface area is 149 Å². The topological polar surface area (TPSA) is 38.0 Å². The van der Waals surface area contributed by atoms with Gasteiger partial charge in [-0.1, -0.05) is 17.7 Å². The minimum atomic E-state index is -0.465. The van der Waals surface area contributed by atoms with Crippen molar-refractivity contribution in [1.82, 2.24) is 0 Å². The zero-order chi connectivity index (χ0) is 16.9. The van der Waals surface area contributed by atoms with Crippen molar-refractivity contribution in [3.05, 3.63) is 51.4 Å². The van der Waals surface area contributed by atoms with E-state index in [1.807, 2.05) is 0 Å². The monoisotopic (exact) mass is 369 g/mol. The summed E-state index contributed by atoms with van der Waals surface area (Å²) in [6, 6.07) is 8.42. The third-order valence-corrected chi connectivity index (χ3v) is 5.39. The minimum absolute atomic E-state index is 0.147. The molecule has 4 nitrogen and oxygen atoms in total. The number of thiophene rings is 1. The molecule has 7 heteroatoms. The Morgan fingerprint density at radius 3 is 2.67 bits per heavy atom. The Kier molecular flexibility index (Phi) is 5.84. The molecule has 1 amide bonds. The Balaban J connectivity index is 1.45. The second-order valence-corrected chi connectivity index (χ2v) is 7.57. The van der Waals surface area contributed by atoms with E-state index in [0.29, 0.717) is 11.6 Å². The van der Waals surface area contributed by atoms with E-state index in [2.05, 4.69) is 22.8 Å². The number of anilines is 1. The fourth-order valence-electron chi connectivity index (χ4n) is 2.98. The molecule has 1 aromatic carbocycles. The molecule has 1 fully saturated rings. The molecule has 2 aromatic rings. The first-order valence-electron chi connectivity index (χ1n) is 8.04. The van der Waals surface area contributed by atoms with Gasteiger partial charge in [0.05, 0.1) is 10.6 Å². The molecule has 24 heavy (non-hydrogen) atoms. The van der Waals surface area contributed by atoms with Crippen LogP contribution in [0.15, 0.2) is 35.7 Å². The van der Waals surface area contributed by atoms with Crippen LogP contribution in [0.3, 0.4) is 0 Å². The van der Waals surface area contributed by atoms with Crippen LogP contribution in [0, 0.1) is 5.82 Å². The maximum absolute atomic E-state index is 13.7. The molecule has 3 N–H and O–H groups in total. The van der Waals surface area contributed by atoms with Crippen molar-refractivity contribution in [3.8, 4) is 0 Å². The number of quaternary nitrogens is 2. The quantitative estimate of drug-likeness (QED) is 0.704. The number of carbonyl (C=O) groups excluding carboxylic acids is 1. The number of amides is 1. The van der Waals surface area contributed by atoms with E-state index in [9.17, 15) is 9.18 Å². The zero-order valence-corrected chi connectivity index (χ0v) is 14.9. The SMILES string of the molecule is O=C(C[NH+]1CC[NH+](Cc2cccs2)CC1)Nc1cc(Cl)ccc1F. The molecule has 0 radical (unpaired) electrons. The molecular weight excluding hydrogens is 349 g/mol. The van der Waals surface area contributed by atoms with E-state index in [1.165, 1.54) is 28.0 Å². The van der Waals surface area contributed by atoms with Crippen molar-refractivity contribution >= 4 is 34.5 Å².